The van der Waals surface area contributed by atoms with Crippen LogP contribution in [-0.2, 0) is 9.59 Å². The second kappa shape index (κ2) is 4.98. The summed E-state index contributed by atoms with van der Waals surface area (Å²) in [5.74, 6) is -1.45. The fraction of sp³-hybridized carbons (Fsp3) is 0.231. The number of nitrogens with zero attached hydrogens (tertiary/aromatic N) is 1. The van der Waals surface area contributed by atoms with Crippen LogP contribution in [0.15, 0.2) is 36.0 Å². The van der Waals surface area contributed by atoms with Crippen molar-refractivity contribution in [3.8, 4) is 0 Å². The van der Waals surface area contributed by atoms with Crippen LogP contribution in [0.3, 0.4) is 0 Å². The normalized spacial score (nSPS) is 24.7. The average Bonchev–Trinajstić information content (AvgIpc) is 2.58. The topological polar surface area (TPSA) is 60.4 Å². The number of rotatable bonds is 2. The number of amides is 1. The van der Waals surface area contributed by atoms with E-state index in [0.29, 0.717) is 11.3 Å². The molecule has 2 heterocycles. The Morgan fingerprint density at radius 2 is 2.00 bits per heavy atom. The van der Waals surface area contributed by atoms with Gasteiger partial charge in [-0.3, -0.25) is 9.69 Å². The van der Waals surface area contributed by atoms with Gasteiger partial charge in [0.1, 0.15) is 4.87 Å². The minimum Gasteiger partial charge on any atom is -0.543 e. The van der Waals surface area contributed by atoms with E-state index in [4.69, 9.17) is 0 Å². The van der Waals surface area contributed by atoms with Gasteiger partial charge in [-0.2, -0.15) is 0 Å². The smallest absolute Gasteiger partial charge is 0.543 e. The molecule has 0 N–H and O–H groups in total. The van der Waals surface area contributed by atoms with Crippen molar-refractivity contribution in [1.82, 2.24) is 4.90 Å². The molecule has 1 atom stereocenters. The molecule has 6 heteroatoms. The summed E-state index contributed by atoms with van der Waals surface area (Å²) in [6.45, 7) is 1.87. The van der Waals surface area contributed by atoms with Crippen molar-refractivity contribution < 1.29 is 44.3 Å². The van der Waals surface area contributed by atoms with Crippen LogP contribution in [0.25, 0.3) is 4.91 Å². The van der Waals surface area contributed by atoms with Gasteiger partial charge >= 0.3 is 29.6 Å². The number of fused-ring (bicyclic) bond motifs is 1. The zero-order chi connectivity index (χ0) is 12.9. The van der Waals surface area contributed by atoms with E-state index in [0.717, 1.165) is 5.56 Å². The van der Waals surface area contributed by atoms with Crippen molar-refractivity contribution in [2.24, 2.45) is 0 Å². The van der Waals surface area contributed by atoms with E-state index in [1.54, 1.807) is 0 Å². The van der Waals surface area contributed by atoms with E-state index < -0.39 is 10.8 Å². The standard InChI is InChI=1S/C13H11NO3S.Na/c1-13-7-9(15)14(13)10(12(16)17)11(18-13)8-5-3-2-4-6-8;/h2-6H,7H2,1H3,(H,16,17);/q;+1/p-1. The fourth-order valence-electron chi connectivity index (χ4n) is 2.39. The molecule has 0 radical (unpaired) electrons. The first-order valence-corrected chi connectivity index (χ1v) is 6.38. The first kappa shape index (κ1) is 14.7. The third kappa shape index (κ3) is 2.14. The molecule has 0 bridgehead atoms. The summed E-state index contributed by atoms with van der Waals surface area (Å²) < 4.78 is 0. The Balaban J connectivity index is 0.00000133. The molecule has 0 aromatic heterocycles. The summed E-state index contributed by atoms with van der Waals surface area (Å²) >= 11 is 1.42. The maximum absolute atomic E-state index is 11.6. The van der Waals surface area contributed by atoms with Crippen molar-refractivity contribution in [2.45, 2.75) is 18.2 Å². The molecule has 1 unspecified atom stereocenters. The summed E-state index contributed by atoms with van der Waals surface area (Å²) in [5.41, 5.74) is 0.815. The molecule has 1 fully saturated rings. The Hall–Kier alpha value is -0.750. The fourth-order valence-corrected chi connectivity index (χ4v) is 3.84. The Morgan fingerprint density at radius 3 is 2.53 bits per heavy atom. The molecule has 19 heavy (non-hydrogen) atoms. The number of benzene rings is 1. The van der Waals surface area contributed by atoms with E-state index in [-0.39, 0.29) is 41.2 Å². The van der Waals surface area contributed by atoms with Crippen LogP contribution in [0.2, 0.25) is 0 Å². The van der Waals surface area contributed by atoms with Gasteiger partial charge in [-0.05, 0) is 12.5 Å². The third-order valence-electron chi connectivity index (χ3n) is 3.19. The Kier molecular flexibility index (Phi) is 3.84. The number of carbonyl (C=O) groups is 2. The molecular weight excluding hydrogens is 273 g/mol. The minimum absolute atomic E-state index is 0. The van der Waals surface area contributed by atoms with E-state index in [1.165, 1.54) is 16.7 Å². The summed E-state index contributed by atoms with van der Waals surface area (Å²) in [4.78, 5) is 24.4. The van der Waals surface area contributed by atoms with E-state index in [9.17, 15) is 14.7 Å². The molecule has 1 aromatic rings. The summed E-state index contributed by atoms with van der Waals surface area (Å²) in [6, 6.07) is 9.23. The largest absolute Gasteiger partial charge is 1.00 e. The first-order valence-electron chi connectivity index (χ1n) is 5.56. The molecule has 1 amide bonds. The van der Waals surface area contributed by atoms with Crippen LogP contribution >= 0.6 is 11.8 Å². The number of carboxylic acid groups (broad SMARTS) is 1. The van der Waals surface area contributed by atoms with Crippen molar-refractivity contribution >= 4 is 28.5 Å². The van der Waals surface area contributed by atoms with Crippen molar-refractivity contribution in [3.05, 3.63) is 41.6 Å². The maximum atomic E-state index is 11.6. The van der Waals surface area contributed by atoms with Crippen LogP contribution in [0.1, 0.15) is 18.9 Å². The quantitative estimate of drug-likeness (QED) is 0.457. The molecule has 4 nitrogen and oxygen atoms in total. The van der Waals surface area contributed by atoms with Gasteiger partial charge in [0.05, 0.1) is 18.1 Å². The van der Waals surface area contributed by atoms with Gasteiger partial charge in [-0.1, -0.05) is 42.1 Å². The zero-order valence-corrected chi connectivity index (χ0v) is 13.5. The van der Waals surface area contributed by atoms with Gasteiger partial charge < -0.3 is 9.90 Å². The second-order valence-corrected chi connectivity index (χ2v) is 6.01. The van der Waals surface area contributed by atoms with Crippen LogP contribution in [0, 0.1) is 0 Å². The van der Waals surface area contributed by atoms with Gasteiger partial charge in [-0.25, -0.2) is 0 Å². The predicted molar refractivity (Wildman–Crippen MR) is 65.8 cm³/mol. The average molecular weight is 283 g/mol. The van der Waals surface area contributed by atoms with E-state index in [2.05, 4.69) is 0 Å². The summed E-state index contributed by atoms with van der Waals surface area (Å²) in [6.07, 6.45) is 0.366. The monoisotopic (exact) mass is 283 g/mol. The molecule has 92 valence electrons. The number of carbonyl (C=O) groups excluding carboxylic acids is 2. The molecule has 1 aromatic carbocycles. The summed E-state index contributed by atoms with van der Waals surface area (Å²) in [7, 11) is 0. The van der Waals surface area contributed by atoms with Crippen LogP contribution in [0.5, 0.6) is 0 Å². The SMILES string of the molecule is CC12CC(=O)N1C(C(=O)[O-])=C(c1ccccc1)S2.[Na+]. The maximum Gasteiger partial charge on any atom is 1.00 e. The van der Waals surface area contributed by atoms with Crippen molar-refractivity contribution in [3.63, 3.8) is 0 Å². The summed E-state index contributed by atoms with van der Waals surface area (Å²) in [5, 5.41) is 11.3. The zero-order valence-electron chi connectivity index (χ0n) is 10.7. The van der Waals surface area contributed by atoms with Gasteiger partial charge in [0.25, 0.3) is 0 Å². The van der Waals surface area contributed by atoms with Crippen LogP contribution in [-0.4, -0.2) is 21.6 Å². The molecule has 2 aliphatic rings. The number of β-lactam (4-membered cyclic amide) rings is 1. The van der Waals surface area contributed by atoms with Gasteiger partial charge in [-0.15, -0.1) is 0 Å². The van der Waals surface area contributed by atoms with E-state index >= 15 is 0 Å². The van der Waals surface area contributed by atoms with Crippen LogP contribution in [0.4, 0.5) is 0 Å². The molecule has 0 spiro atoms. The number of aliphatic carboxylic acids is 1. The molecule has 0 aliphatic carbocycles. The minimum atomic E-state index is -1.29. The number of thioether (sulfide) groups is 1. The van der Waals surface area contributed by atoms with Crippen molar-refractivity contribution in [1.29, 1.82) is 0 Å². The van der Waals surface area contributed by atoms with Crippen molar-refractivity contribution in [2.75, 3.05) is 0 Å². The molecule has 1 saturated heterocycles. The second-order valence-electron chi connectivity index (χ2n) is 4.51. The van der Waals surface area contributed by atoms with Crippen LogP contribution < -0.4 is 34.7 Å². The first-order chi connectivity index (χ1) is 8.53. The Morgan fingerprint density at radius 1 is 1.37 bits per heavy atom. The van der Waals surface area contributed by atoms with Gasteiger partial charge in [0, 0.05) is 4.91 Å². The Bertz CT molecular complexity index is 587. The predicted octanol–water partition coefficient (Wildman–Crippen LogP) is -2.20. The van der Waals surface area contributed by atoms with Gasteiger partial charge in [0.2, 0.25) is 5.91 Å². The number of hydrogen-bond donors (Lipinski definition) is 0. The molecular formula is C13H10NNaO3S. The van der Waals surface area contributed by atoms with Gasteiger partial charge in [0.15, 0.2) is 0 Å². The molecule has 0 saturated carbocycles. The molecule has 3 rings (SSSR count). The third-order valence-corrected chi connectivity index (χ3v) is 4.59. The molecule has 2 aliphatic heterocycles. The Labute approximate surface area is 137 Å². The number of hydrogen-bond acceptors (Lipinski definition) is 4. The van der Waals surface area contributed by atoms with E-state index in [1.807, 2.05) is 37.3 Å². The number of carboxylic acids is 1.